The molecule has 0 saturated heterocycles. The lowest BCUT2D eigenvalue weighted by Gasteiger charge is -2.01. The van der Waals surface area contributed by atoms with Crippen molar-refractivity contribution in [3.63, 3.8) is 0 Å². The Morgan fingerprint density at radius 1 is 1.50 bits per heavy atom. The van der Waals surface area contributed by atoms with Gasteiger partial charge in [0.1, 0.15) is 0 Å². The predicted octanol–water partition coefficient (Wildman–Crippen LogP) is 1.99. The summed E-state index contributed by atoms with van der Waals surface area (Å²) in [5.41, 5.74) is 2.75. The molecule has 1 aromatic carbocycles. The van der Waals surface area contributed by atoms with E-state index in [0.29, 0.717) is 0 Å². The van der Waals surface area contributed by atoms with Crippen LogP contribution in [-0.2, 0) is 17.8 Å². The first-order valence-electron chi connectivity index (χ1n) is 5.30. The van der Waals surface area contributed by atoms with Crippen LogP contribution in [-0.4, -0.2) is 20.9 Å². The summed E-state index contributed by atoms with van der Waals surface area (Å²) in [6.07, 6.45) is 0.0492. The molecule has 0 fully saturated rings. The number of hydrogen-bond acceptors (Lipinski definition) is 2. The van der Waals surface area contributed by atoms with Crippen LogP contribution in [0.25, 0.3) is 10.9 Å². The molecule has 0 spiro atoms. The van der Waals surface area contributed by atoms with E-state index in [-0.39, 0.29) is 6.42 Å². The van der Waals surface area contributed by atoms with Gasteiger partial charge in [-0.1, -0.05) is 12.1 Å². The molecule has 0 aliphatic carbocycles. The van der Waals surface area contributed by atoms with E-state index in [1.54, 1.807) is 0 Å². The maximum Gasteiger partial charge on any atom is 0.307 e. The summed E-state index contributed by atoms with van der Waals surface area (Å²) in [5, 5.41) is 14.3. The number of fused-ring (bicyclic) bond motifs is 1. The lowest BCUT2D eigenvalue weighted by Crippen LogP contribution is -2.01. The summed E-state index contributed by atoms with van der Waals surface area (Å²) in [4.78, 5) is 10.8. The van der Waals surface area contributed by atoms with Gasteiger partial charge >= 0.3 is 5.97 Å². The number of carboxylic acid groups (broad SMARTS) is 1. The number of carboxylic acids is 1. The fourth-order valence-corrected chi connectivity index (χ4v) is 2.04. The van der Waals surface area contributed by atoms with Crippen molar-refractivity contribution in [2.24, 2.45) is 0 Å². The van der Waals surface area contributed by atoms with Gasteiger partial charge in [0, 0.05) is 17.6 Å². The van der Waals surface area contributed by atoms with Crippen LogP contribution < -0.4 is 0 Å². The highest BCUT2D eigenvalue weighted by molar-refractivity contribution is 5.88. The molecular formula is C12H14N2O2. The molecule has 0 unspecified atom stereocenters. The Labute approximate surface area is 93.5 Å². The molecule has 2 rings (SSSR count). The average Bonchev–Trinajstić information content (AvgIpc) is 2.56. The molecule has 2 aromatic rings. The molecule has 0 amide bonds. The standard InChI is InChI=1S/C12H14N2O2/c1-3-14-8(2)12-9(7-11(15)16)5-4-6-10(12)13-14/h4-6H,3,7H2,1-2H3,(H,15,16). The molecule has 0 aliphatic rings. The van der Waals surface area contributed by atoms with Gasteiger partial charge in [-0.15, -0.1) is 0 Å². The van der Waals surface area contributed by atoms with Crippen LogP contribution >= 0.6 is 0 Å². The summed E-state index contributed by atoms with van der Waals surface area (Å²) < 4.78 is 1.90. The zero-order valence-electron chi connectivity index (χ0n) is 9.40. The summed E-state index contributed by atoms with van der Waals surface area (Å²) in [6.45, 7) is 4.80. The van der Waals surface area contributed by atoms with E-state index in [9.17, 15) is 4.79 Å². The monoisotopic (exact) mass is 218 g/mol. The lowest BCUT2D eigenvalue weighted by molar-refractivity contribution is -0.136. The van der Waals surface area contributed by atoms with E-state index in [4.69, 9.17) is 5.11 Å². The molecule has 84 valence electrons. The smallest absolute Gasteiger partial charge is 0.307 e. The number of nitrogens with zero attached hydrogens (tertiary/aromatic N) is 2. The molecule has 0 atom stereocenters. The largest absolute Gasteiger partial charge is 0.481 e. The summed E-state index contributed by atoms with van der Waals surface area (Å²) in [6, 6.07) is 5.62. The van der Waals surface area contributed by atoms with Crippen LogP contribution in [0, 0.1) is 6.92 Å². The molecule has 0 aliphatic heterocycles. The molecule has 16 heavy (non-hydrogen) atoms. The van der Waals surface area contributed by atoms with Crippen LogP contribution in [0.1, 0.15) is 18.2 Å². The summed E-state index contributed by atoms with van der Waals surface area (Å²) in [5.74, 6) is -0.809. The van der Waals surface area contributed by atoms with Crippen molar-refractivity contribution >= 4 is 16.9 Å². The predicted molar refractivity (Wildman–Crippen MR) is 61.5 cm³/mol. The van der Waals surface area contributed by atoms with E-state index in [0.717, 1.165) is 28.7 Å². The van der Waals surface area contributed by atoms with Crippen molar-refractivity contribution in [2.45, 2.75) is 26.8 Å². The Kier molecular flexibility index (Phi) is 2.64. The number of benzene rings is 1. The summed E-state index contributed by atoms with van der Waals surface area (Å²) in [7, 11) is 0. The van der Waals surface area contributed by atoms with Gasteiger partial charge < -0.3 is 5.11 Å². The van der Waals surface area contributed by atoms with Gasteiger partial charge in [0.15, 0.2) is 0 Å². The third-order valence-electron chi connectivity index (χ3n) is 2.75. The van der Waals surface area contributed by atoms with Crippen molar-refractivity contribution in [2.75, 3.05) is 0 Å². The van der Waals surface area contributed by atoms with Crippen LogP contribution in [0.2, 0.25) is 0 Å². The zero-order valence-corrected chi connectivity index (χ0v) is 9.40. The Balaban J connectivity index is 2.65. The highest BCUT2D eigenvalue weighted by Gasteiger charge is 2.12. The van der Waals surface area contributed by atoms with Crippen LogP contribution in [0.15, 0.2) is 18.2 Å². The maximum absolute atomic E-state index is 10.8. The molecule has 1 heterocycles. The molecular weight excluding hydrogens is 204 g/mol. The number of rotatable bonds is 3. The maximum atomic E-state index is 10.8. The van der Waals surface area contributed by atoms with Crippen LogP contribution in [0.3, 0.4) is 0 Å². The second-order valence-corrected chi connectivity index (χ2v) is 3.78. The van der Waals surface area contributed by atoms with Crippen molar-refractivity contribution in [3.8, 4) is 0 Å². The number of aromatic nitrogens is 2. The Bertz CT molecular complexity index is 543. The fraction of sp³-hybridized carbons (Fsp3) is 0.333. The second-order valence-electron chi connectivity index (χ2n) is 3.78. The topological polar surface area (TPSA) is 55.1 Å². The minimum Gasteiger partial charge on any atom is -0.481 e. The average molecular weight is 218 g/mol. The molecule has 0 saturated carbocycles. The first-order chi connectivity index (χ1) is 7.63. The Hall–Kier alpha value is -1.84. The Morgan fingerprint density at radius 3 is 2.88 bits per heavy atom. The van der Waals surface area contributed by atoms with Crippen molar-refractivity contribution < 1.29 is 9.90 Å². The minimum atomic E-state index is -0.809. The fourth-order valence-electron chi connectivity index (χ4n) is 2.04. The van der Waals surface area contributed by atoms with E-state index in [1.807, 2.05) is 36.7 Å². The van der Waals surface area contributed by atoms with Gasteiger partial charge in [-0.2, -0.15) is 5.10 Å². The molecule has 4 heteroatoms. The summed E-state index contributed by atoms with van der Waals surface area (Å²) >= 11 is 0. The Morgan fingerprint density at radius 2 is 2.25 bits per heavy atom. The first-order valence-corrected chi connectivity index (χ1v) is 5.30. The van der Waals surface area contributed by atoms with E-state index < -0.39 is 5.97 Å². The van der Waals surface area contributed by atoms with E-state index in [1.165, 1.54) is 0 Å². The molecule has 0 radical (unpaired) electrons. The van der Waals surface area contributed by atoms with Crippen molar-refractivity contribution in [1.82, 2.24) is 9.78 Å². The molecule has 1 aromatic heterocycles. The molecule has 1 N–H and O–H groups in total. The zero-order chi connectivity index (χ0) is 11.7. The number of carbonyl (C=O) groups is 1. The normalized spacial score (nSPS) is 10.9. The van der Waals surface area contributed by atoms with Crippen LogP contribution in [0.4, 0.5) is 0 Å². The third kappa shape index (κ3) is 1.66. The number of aryl methyl sites for hydroxylation is 2. The van der Waals surface area contributed by atoms with E-state index >= 15 is 0 Å². The SMILES string of the molecule is CCn1nc2cccc(CC(=O)O)c2c1C. The van der Waals surface area contributed by atoms with E-state index in [2.05, 4.69) is 5.10 Å². The van der Waals surface area contributed by atoms with Gasteiger partial charge in [0.05, 0.1) is 11.9 Å². The molecule has 0 bridgehead atoms. The van der Waals surface area contributed by atoms with Crippen LogP contribution in [0.5, 0.6) is 0 Å². The van der Waals surface area contributed by atoms with Gasteiger partial charge in [-0.05, 0) is 25.5 Å². The third-order valence-corrected chi connectivity index (χ3v) is 2.75. The quantitative estimate of drug-likeness (QED) is 0.857. The van der Waals surface area contributed by atoms with Gasteiger partial charge in [0.25, 0.3) is 0 Å². The number of hydrogen-bond donors (Lipinski definition) is 1. The lowest BCUT2D eigenvalue weighted by atomic mass is 10.1. The minimum absolute atomic E-state index is 0.0492. The van der Waals surface area contributed by atoms with Crippen molar-refractivity contribution in [3.05, 3.63) is 29.5 Å². The van der Waals surface area contributed by atoms with Gasteiger partial charge in [-0.25, -0.2) is 0 Å². The highest BCUT2D eigenvalue weighted by Crippen LogP contribution is 2.22. The molecule has 4 nitrogen and oxygen atoms in total. The number of aliphatic carboxylic acids is 1. The van der Waals surface area contributed by atoms with Gasteiger partial charge in [0.2, 0.25) is 0 Å². The van der Waals surface area contributed by atoms with Crippen molar-refractivity contribution in [1.29, 1.82) is 0 Å². The first kappa shape index (κ1) is 10.7. The highest BCUT2D eigenvalue weighted by atomic mass is 16.4. The second kappa shape index (κ2) is 3.96. The van der Waals surface area contributed by atoms with Gasteiger partial charge in [-0.3, -0.25) is 9.48 Å².